The van der Waals surface area contributed by atoms with Crippen molar-refractivity contribution < 1.29 is 4.74 Å². The number of fused-ring (bicyclic) bond motifs is 1. The van der Waals surface area contributed by atoms with Crippen LogP contribution in [0.1, 0.15) is 19.0 Å². The summed E-state index contributed by atoms with van der Waals surface area (Å²) in [7, 11) is 0. The third kappa shape index (κ3) is 3.11. The van der Waals surface area contributed by atoms with Crippen LogP contribution < -0.4 is 10.1 Å². The van der Waals surface area contributed by atoms with Gasteiger partial charge in [-0.3, -0.25) is 4.98 Å². The number of aromatic nitrogens is 3. The predicted molar refractivity (Wildman–Crippen MR) is 85.2 cm³/mol. The van der Waals surface area contributed by atoms with Gasteiger partial charge < -0.3 is 10.1 Å². The van der Waals surface area contributed by atoms with Gasteiger partial charge >= 0.3 is 0 Å². The number of nitrogens with zero attached hydrogens (tertiary/aromatic N) is 3. The molecule has 0 saturated carbocycles. The van der Waals surface area contributed by atoms with Gasteiger partial charge in [0.05, 0.1) is 11.6 Å². The summed E-state index contributed by atoms with van der Waals surface area (Å²) in [6, 6.07) is 5.78. The van der Waals surface area contributed by atoms with E-state index in [-0.39, 0.29) is 0 Å². The quantitative estimate of drug-likeness (QED) is 0.771. The van der Waals surface area contributed by atoms with Gasteiger partial charge in [-0.15, -0.1) is 11.3 Å². The average Bonchev–Trinajstić information content (AvgIpc) is 2.96. The number of hydrogen-bond acceptors (Lipinski definition) is 6. The first-order chi connectivity index (χ1) is 10.3. The fraction of sp³-hybridized carbons (Fsp3) is 0.267. The second kappa shape index (κ2) is 6.05. The Kier molecular flexibility index (Phi) is 3.96. The summed E-state index contributed by atoms with van der Waals surface area (Å²) in [6.07, 6.45) is 2.72. The van der Waals surface area contributed by atoms with Gasteiger partial charge in [0, 0.05) is 12.2 Å². The Bertz CT molecular complexity index is 739. The molecule has 3 heterocycles. The van der Waals surface area contributed by atoms with Crippen molar-refractivity contribution in [3.05, 3.63) is 35.5 Å². The van der Waals surface area contributed by atoms with Crippen molar-refractivity contribution in [1.82, 2.24) is 15.0 Å². The van der Waals surface area contributed by atoms with Crippen LogP contribution in [0.4, 0.5) is 5.95 Å². The van der Waals surface area contributed by atoms with E-state index in [9.17, 15) is 0 Å². The predicted octanol–water partition coefficient (Wildman–Crippen LogP) is 4.01. The minimum atomic E-state index is 0.561. The van der Waals surface area contributed by atoms with Crippen LogP contribution in [0.2, 0.25) is 0 Å². The van der Waals surface area contributed by atoms with Gasteiger partial charge in [0.25, 0.3) is 0 Å². The Morgan fingerprint density at radius 3 is 2.90 bits per heavy atom. The van der Waals surface area contributed by atoms with Crippen molar-refractivity contribution in [2.24, 2.45) is 0 Å². The van der Waals surface area contributed by atoms with Gasteiger partial charge in [-0.2, -0.15) is 4.98 Å². The van der Waals surface area contributed by atoms with Gasteiger partial charge in [0.2, 0.25) is 11.8 Å². The number of rotatable bonds is 5. The van der Waals surface area contributed by atoms with E-state index >= 15 is 0 Å². The van der Waals surface area contributed by atoms with Crippen LogP contribution >= 0.6 is 11.3 Å². The van der Waals surface area contributed by atoms with Gasteiger partial charge in [-0.25, -0.2) is 4.98 Å². The zero-order chi connectivity index (χ0) is 14.7. The lowest BCUT2D eigenvalue weighted by atomic mass is 10.3. The topological polar surface area (TPSA) is 59.9 Å². The van der Waals surface area contributed by atoms with Crippen LogP contribution in [-0.4, -0.2) is 21.5 Å². The minimum absolute atomic E-state index is 0.561. The second-order valence-electron chi connectivity index (χ2n) is 4.66. The average molecular weight is 300 g/mol. The Balaban J connectivity index is 1.95. The van der Waals surface area contributed by atoms with E-state index in [4.69, 9.17) is 4.74 Å². The van der Waals surface area contributed by atoms with E-state index in [0.717, 1.165) is 28.9 Å². The summed E-state index contributed by atoms with van der Waals surface area (Å²) in [4.78, 5) is 14.1. The lowest BCUT2D eigenvalue weighted by Gasteiger charge is -2.08. The molecule has 0 aliphatic heterocycles. The highest BCUT2D eigenvalue weighted by atomic mass is 32.1. The lowest BCUT2D eigenvalue weighted by Crippen LogP contribution is -2.04. The number of ether oxygens (including phenoxy) is 1. The summed E-state index contributed by atoms with van der Waals surface area (Å²) in [5, 5.41) is 6.11. The Hall–Kier alpha value is -2.21. The molecule has 108 valence electrons. The zero-order valence-corrected chi connectivity index (χ0v) is 12.8. The summed E-state index contributed by atoms with van der Waals surface area (Å²) in [5.41, 5.74) is 0.955. The van der Waals surface area contributed by atoms with Crippen molar-refractivity contribution in [2.45, 2.75) is 20.3 Å². The molecule has 3 aromatic rings. The molecule has 0 saturated heterocycles. The summed E-state index contributed by atoms with van der Waals surface area (Å²) >= 11 is 1.58. The van der Waals surface area contributed by atoms with Crippen molar-refractivity contribution in [3.63, 3.8) is 0 Å². The molecule has 0 amide bonds. The molecule has 1 N–H and O–H groups in total. The monoisotopic (exact) mass is 300 g/mol. The third-order valence-corrected chi connectivity index (χ3v) is 3.73. The maximum Gasteiger partial charge on any atom is 0.232 e. The zero-order valence-electron chi connectivity index (χ0n) is 12.0. The Morgan fingerprint density at radius 2 is 2.14 bits per heavy atom. The molecular weight excluding hydrogens is 284 g/mol. The van der Waals surface area contributed by atoms with E-state index in [1.54, 1.807) is 17.5 Å². The molecule has 0 radical (unpaired) electrons. The molecule has 0 fully saturated rings. The number of thiophene rings is 1. The fourth-order valence-corrected chi connectivity index (χ4v) is 2.60. The lowest BCUT2D eigenvalue weighted by molar-refractivity contribution is 0.466. The summed E-state index contributed by atoms with van der Waals surface area (Å²) in [6.45, 7) is 4.88. The van der Waals surface area contributed by atoms with Crippen molar-refractivity contribution in [2.75, 3.05) is 11.9 Å². The molecule has 0 spiro atoms. The maximum absolute atomic E-state index is 5.88. The normalized spacial score (nSPS) is 10.8. The number of pyridine rings is 1. The Labute approximate surface area is 127 Å². The largest absolute Gasteiger partial charge is 0.437 e. The number of anilines is 1. The first kappa shape index (κ1) is 13.8. The van der Waals surface area contributed by atoms with E-state index < -0.39 is 0 Å². The second-order valence-corrected chi connectivity index (χ2v) is 5.55. The summed E-state index contributed by atoms with van der Waals surface area (Å²) in [5.74, 6) is 1.83. The molecule has 0 aliphatic rings. The molecular formula is C15H16N4OS. The number of aryl methyl sites for hydroxylation is 1. The molecule has 0 aliphatic carbocycles. The fourth-order valence-electron chi connectivity index (χ4n) is 1.85. The van der Waals surface area contributed by atoms with Crippen LogP contribution in [0.15, 0.2) is 29.8 Å². The van der Waals surface area contributed by atoms with E-state index in [2.05, 4.69) is 27.2 Å². The van der Waals surface area contributed by atoms with Gasteiger partial charge in [0.15, 0.2) is 0 Å². The smallest absolute Gasteiger partial charge is 0.232 e. The van der Waals surface area contributed by atoms with Gasteiger partial charge in [-0.05, 0) is 36.9 Å². The molecule has 3 rings (SSSR count). The number of hydrogen-bond donors (Lipinski definition) is 1. The highest BCUT2D eigenvalue weighted by molar-refractivity contribution is 7.16. The minimum Gasteiger partial charge on any atom is -0.437 e. The van der Waals surface area contributed by atoms with Gasteiger partial charge in [0.1, 0.15) is 10.6 Å². The van der Waals surface area contributed by atoms with Crippen LogP contribution in [0, 0.1) is 6.92 Å². The van der Waals surface area contributed by atoms with E-state index in [1.807, 2.05) is 30.5 Å². The van der Waals surface area contributed by atoms with Crippen molar-refractivity contribution in [1.29, 1.82) is 0 Å². The first-order valence-electron chi connectivity index (χ1n) is 6.86. The summed E-state index contributed by atoms with van der Waals surface area (Å²) < 4.78 is 5.88. The first-order valence-corrected chi connectivity index (χ1v) is 7.74. The van der Waals surface area contributed by atoms with Crippen LogP contribution in [-0.2, 0) is 0 Å². The van der Waals surface area contributed by atoms with Crippen LogP contribution in [0.3, 0.4) is 0 Å². The molecule has 0 unspecified atom stereocenters. The van der Waals surface area contributed by atoms with Gasteiger partial charge in [-0.1, -0.05) is 6.92 Å². The Morgan fingerprint density at radius 1 is 1.24 bits per heavy atom. The van der Waals surface area contributed by atoms with E-state index in [0.29, 0.717) is 17.6 Å². The molecule has 0 atom stereocenters. The van der Waals surface area contributed by atoms with Crippen LogP contribution in [0.5, 0.6) is 11.6 Å². The maximum atomic E-state index is 5.88. The SMILES string of the molecule is CCCNc1nc(Oc2ccc(C)nc2)c2ccsc2n1. The van der Waals surface area contributed by atoms with Crippen molar-refractivity contribution in [3.8, 4) is 11.6 Å². The van der Waals surface area contributed by atoms with E-state index in [1.165, 1.54) is 0 Å². The molecule has 0 bridgehead atoms. The highest BCUT2D eigenvalue weighted by Crippen LogP contribution is 2.31. The van der Waals surface area contributed by atoms with Crippen molar-refractivity contribution >= 4 is 27.5 Å². The molecule has 5 nitrogen and oxygen atoms in total. The highest BCUT2D eigenvalue weighted by Gasteiger charge is 2.11. The standard InChI is InChI=1S/C15H16N4OS/c1-3-7-16-15-18-13(12-6-8-21-14(12)19-15)20-11-5-4-10(2)17-9-11/h4-6,8-9H,3,7H2,1-2H3,(H,16,18,19). The number of nitrogens with one attached hydrogen (secondary N) is 1. The molecule has 3 aromatic heterocycles. The molecule has 6 heteroatoms. The molecule has 21 heavy (non-hydrogen) atoms. The van der Waals surface area contributed by atoms with Crippen LogP contribution in [0.25, 0.3) is 10.2 Å². The third-order valence-electron chi connectivity index (χ3n) is 2.92. The molecule has 0 aromatic carbocycles.